The van der Waals surface area contributed by atoms with E-state index >= 15 is 0 Å². The van der Waals surface area contributed by atoms with Crippen molar-refractivity contribution >= 4 is 11.9 Å². The Bertz CT molecular complexity index is 600. The SMILES string of the molecule is CN=C(NCCCCN1CCC(C(N)=O)CC1)N(C)CCOc1ccccc1. The van der Waals surface area contributed by atoms with E-state index in [0.29, 0.717) is 6.61 Å². The molecule has 1 amide bonds. The molecule has 0 atom stereocenters. The van der Waals surface area contributed by atoms with Crippen LogP contribution in [0.5, 0.6) is 5.75 Å². The van der Waals surface area contributed by atoms with Gasteiger partial charge in [0.1, 0.15) is 12.4 Å². The number of likely N-dealkylation sites (tertiary alicyclic amines) is 1. The summed E-state index contributed by atoms with van der Waals surface area (Å²) in [7, 11) is 3.83. The number of primary amides is 1. The van der Waals surface area contributed by atoms with E-state index in [0.717, 1.165) is 70.1 Å². The van der Waals surface area contributed by atoms with Crippen LogP contribution in [-0.2, 0) is 4.79 Å². The fraction of sp³-hybridized carbons (Fsp3) is 0.619. The Morgan fingerprint density at radius 3 is 2.64 bits per heavy atom. The number of aliphatic imine (C=N–C) groups is 1. The van der Waals surface area contributed by atoms with Crippen molar-refractivity contribution in [1.82, 2.24) is 15.1 Å². The van der Waals surface area contributed by atoms with Gasteiger partial charge in [0.15, 0.2) is 5.96 Å². The summed E-state index contributed by atoms with van der Waals surface area (Å²) < 4.78 is 5.74. The molecule has 0 aromatic heterocycles. The Labute approximate surface area is 168 Å². The smallest absolute Gasteiger partial charge is 0.220 e. The van der Waals surface area contributed by atoms with E-state index in [1.807, 2.05) is 37.4 Å². The molecule has 2 rings (SSSR count). The first-order chi connectivity index (χ1) is 13.6. The van der Waals surface area contributed by atoms with Gasteiger partial charge in [-0.1, -0.05) is 18.2 Å². The molecule has 0 saturated carbocycles. The number of hydrogen-bond acceptors (Lipinski definition) is 4. The van der Waals surface area contributed by atoms with E-state index in [9.17, 15) is 4.79 Å². The molecular weight excluding hydrogens is 354 g/mol. The number of unbranched alkanes of at least 4 members (excludes halogenated alkanes) is 1. The van der Waals surface area contributed by atoms with Crippen LogP contribution in [-0.4, -0.2) is 75.1 Å². The van der Waals surface area contributed by atoms with Gasteiger partial charge < -0.3 is 25.6 Å². The van der Waals surface area contributed by atoms with Crippen LogP contribution >= 0.6 is 0 Å². The highest BCUT2D eigenvalue weighted by molar-refractivity contribution is 5.79. The summed E-state index contributed by atoms with van der Waals surface area (Å²) in [6, 6.07) is 9.85. The molecule has 1 saturated heterocycles. The third-order valence-corrected chi connectivity index (χ3v) is 5.19. The molecule has 7 heteroatoms. The number of nitrogens with zero attached hydrogens (tertiary/aromatic N) is 3. The van der Waals surface area contributed by atoms with E-state index in [-0.39, 0.29) is 11.8 Å². The molecule has 0 unspecified atom stereocenters. The second-order valence-corrected chi connectivity index (χ2v) is 7.28. The molecule has 0 bridgehead atoms. The lowest BCUT2D eigenvalue weighted by molar-refractivity contribution is -0.123. The maximum atomic E-state index is 11.2. The lowest BCUT2D eigenvalue weighted by Crippen LogP contribution is -2.41. The summed E-state index contributed by atoms with van der Waals surface area (Å²) in [6.45, 7) is 5.31. The molecule has 0 radical (unpaired) electrons. The number of para-hydroxylation sites is 1. The van der Waals surface area contributed by atoms with Crippen molar-refractivity contribution in [2.24, 2.45) is 16.6 Å². The number of nitrogens with one attached hydrogen (secondary N) is 1. The maximum absolute atomic E-state index is 11.2. The highest BCUT2D eigenvalue weighted by Crippen LogP contribution is 2.16. The van der Waals surface area contributed by atoms with Crippen LogP contribution in [0.2, 0.25) is 0 Å². The molecule has 3 N–H and O–H groups in total. The van der Waals surface area contributed by atoms with Crippen molar-refractivity contribution in [2.75, 3.05) is 53.4 Å². The predicted octanol–water partition coefficient (Wildman–Crippen LogP) is 1.55. The molecule has 1 aliphatic heterocycles. The molecule has 1 aromatic rings. The van der Waals surface area contributed by atoms with Gasteiger partial charge in [0.05, 0.1) is 6.54 Å². The Morgan fingerprint density at radius 1 is 1.29 bits per heavy atom. The summed E-state index contributed by atoms with van der Waals surface area (Å²) >= 11 is 0. The average Bonchev–Trinajstić information content (AvgIpc) is 2.71. The number of carbonyl (C=O) groups is 1. The van der Waals surface area contributed by atoms with Gasteiger partial charge in [0, 0.05) is 26.6 Å². The Kier molecular flexibility index (Phi) is 9.62. The van der Waals surface area contributed by atoms with E-state index in [1.54, 1.807) is 7.05 Å². The Balaban J connectivity index is 1.55. The quantitative estimate of drug-likeness (QED) is 0.360. The fourth-order valence-electron chi connectivity index (χ4n) is 3.41. The number of hydrogen-bond donors (Lipinski definition) is 2. The minimum atomic E-state index is -0.145. The average molecular weight is 390 g/mol. The number of nitrogens with two attached hydrogens (primary N) is 1. The Hall–Kier alpha value is -2.28. The van der Waals surface area contributed by atoms with Gasteiger partial charge in [-0.05, 0) is 57.5 Å². The van der Waals surface area contributed by atoms with E-state index in [2.05, 4.69) is 20.1 Å². The second-order valence-electron chi connectivity index (χ2n) is 7.28. The number of carbonyl (C=O) groups excluding carboxylic acids is 1. The van der Waals surface area contributed by atoms with Crippen LogP contribution in [0, 0.1) is 5.92 Å². The first-order valence-corrected chi connectivity index (χ1v) is 10.2. The summed E-state index contributed by atoms with van der Waals surface area (Å²) in [5.41, 5.74) is 5.39. The summed E-state index contributed by atoms with van der Waals surface area (Å²) in [4.78, 5) is 20.1. The predicted molar refractivity (Wildman–Crippen MR) is 114 cm³/mol. The van der Waals surface area contributed by atoms with Gasteiger partial charge in [0.25, 0.3) is 0 Å². The standard InChI is InChI=1S/C21H35N5O2/c1-23-21(25(2)16-17-28-19-8-4-3-5-9-19)24-12-6-7-13-26-14-10-18(11-15-26)20(22)27/h3-5,8-9,18H,6-7,10-17H2,1-2H3,(H2,22,27)(H,23,24). The van der Waals surface area contributed by atoms with Gasteiger partial charge in [0.2, 0.25) is 5.91 Å². The monoisotopic (exact) mass is 389 g/mol. The number of piperidine rings is 1. The van der Waals surface area contributed by atoms with E-state index in [1.165, 1.54) is 0 Å². The van der Waals surface area contributed by atoms with Crippen molar-refractivity contribution < 1.29 is 9.53 Å². The third kappa shape index (κ3) is 7.76. The van der Waals surface area contributed by atoms with E-state index < -0.39 is 0 Å². The van der Waals surface area contributed by atoms with Crippen LogP contribution < -0.4 is 15.8 Å². The van der Waals surface area contributed by atoms with Crippen molar-refractivity contribution in [3.63, 3.8) is 0 Å². The topological polar surface area (TPSA) is 83.2 Å². The number of likely N-dealkylation sites (N-methyl/N-ethyl adjacent to an activating group) is 1. The van der Waals surface area contributed by atoms with Crippen molar-refractivity contribution in [2.45, 2.75) is 25.7 Å². The van der Waals surface area contributed by atoms with Crippen LogP contribution in [0.1, 0.15) is 25.7 Å². The molecule has 1 heterocycles. The van der Waals surface area contributed by atoms with Crippen LogP contribution in [0.4, 0.5) is 0 Å². The lowest BCUT2D eigenvalue weighted by Gasteiger charge is -2.30. The van der Waals surface area contributed by atoms with Crippen LogP contribution in [0.15, 0.2) is 35.3 Å². The van der Waals surface area contributed by atoms with Gasteiger partial charge in [-0.15, -0.1) is 0 Å². The summed E-state index contributed by atoms with van der Waals surface area (Å²) in [6.07, 6.45) is 4.02. The van der Waals surface area contributed by atoms with Gasteiger partial charge in [-0.3, -0.25) is 9.79 Å². The molecular formula is C21H35N5O2. The number of rotatable bonds is 10. The van der Waals surface area contributed by atoms with Crippen molar-refractivity contribution in [3.8, 4) is 5.75 Å². The largest absolute Gasteiger partial charge is 0.492 e. The zero-order valence-electron chi connectivity index (χ0n) is 17.3. The molecule has 0 spiro atoms. The first-order valence-electron chi connectivity index (χ1n) is 10.2. The van der Waals surface area contributed by atoms with Gasteiger partial charge in [-0.25, -0.2) is 0 Å². The Morgan fingerprint density at radius 2 is 2.00 bits per heavy atom. The molecule has 1 fully saturated rings. The molecule has 28 heavy (non-hydrogen) atoms. The second kappa shape index (κ2) is 12.2. The van der Waals surface area contributed by atoms with Crippen LogP contribution in [0.3, 0.4) is 0 Å². The van der Waals surface area contributed by atoms with Gasteiger partial charge >= 0.3 is 0 Å². The minimum absolute atomic E-state index is 0.0719. The van der Waals surface area contributed by atoms with E-state index in [4.69, 9.17) is 10.5 Å². The first kappa shape index (κ1) is 22.0. The molecule has 156 valence electrons. The molecule has 1 aromatic carbocycles. The number of amides is 1. The molecule has 7 nitrogen and oxygen atoms in total. The van der Waals surface area contributed by atoms with Crippen molar-refractivity contribution in [1.29, 1.82) is 0 Å². The highest BCUT2D eigenvalue weighted by atomic mass is 16.5. The molecule has 1 aliphatic rings. The number of benzene rings is 1. The number of guanidine groups is 1. The van der Waals surface area contributed by atoms with Crippen LogP contribution in [0.25, 0.3) is 0 Å². The minimum Gasteiger partial charge on any atom is -0.492 e. The highest BCUT2D eigenvalue weighted by Gasteiger charge is 2.22. The fourth-order valence-corrected chi connectivity index (χ4v) is 3.41. The lowest BCUT2D eigenvalue weighted by atomic mass is 9.96. The zero-order valence-corrected chi connectivity index (χ0v) is 17.3. The molecule has 0 aliphatic carbocycles. The van der Waals surface area contributed by atoms with Gasteiger partial charge in [-0.2, -0.15) is 0 Å². The zero-order chi connectivity index (χ0) is 20.2. The summed E-state index contributed by atoms with van der Waals surface area (Å²) in [5, 5.41) is 3.42. The number of ether oxygens (including phenoxy) is 1. The normalized spacial score (nSPS) is 16.0. The third-order valence-electron chi connectivity index (χ3n) is 5.19. The summed E-state index contributed by atoms with van der Waals surface area (Å²) in [5.74, 6) is 1.70. The maximum Gasteiger partial charge on any atom is 0.220 e. The van der Waals surface area contributed by atoms with Crippen molar-refractivity contribution in [3.05, 3.63) is 30.3 Å².